The van der Waals surface area contributed by atoms with E-state index in [-0.39, 0.29) is 0 Å². The quantitative estimate of drug-likeness (QED) is 0.451. The van der Waals surface area contributed by atoms with Gasteiger partial charge in [0, 0.05) is 29.8 Å². The number of benzene rings is 2. The van der Waals surface area contributed by atoms with Crippen molar-refractivity contribution in [1.29, 1.82) is 0 Å². The first kappa shape index (κ1) is 17.0. The Kier molecular flexibility index (Phi) is 4.60. The van der Waals surface area contributed by atoms with E-state index in [0.29, 0.717) is 0 Å². The molecule has 3 nitrogen and oxygen atoms in total. The van der Waals surface area contributed by atoms with Gasteiger partial charge in [-0.2, -0.15) is 0 Å². The molecule has 0 bridgehead atoms. The maximum Gasteiger partial charge on any atom is 0.114 e. The summed E-state index contributed by atoms with van der Waals surface area (Å²) in [5.74, 6) is 1.07. The van der Waals surface area contributed by atoms with E-state index in [1.54, 1.807) is 0 Å². The summed E-state index contributed by atoms with van der Waals surface area (Å²) in [5, 5.41) is 0. The molecule has 0 aliphatic rings. The monoisotopic (exact) mass is 405 g/mol. The number of aromatic nitrogens is 3. The van der Waals surface area contributed by atoms with Crippen LogP contribution in [0.15, 0.2) is 65.4 Å². The molecule has 0 N–H and O–H groups in total. The summed E-state index contributed by atoms with van der Waals surface area (Å²) in [4.78, 5) is 9.04. The Morgan fingerprint density at radius 2 is 1.77 bits per heavy atom. The first-order chi connectivity index (χ1) is 12.6. The Hall–Kier alpha value is -2.46. The van der Waals surface area contributed by atoms with Crippen LogP contribution in [0.1, 0.15) is 28.1 Å². The van der Waals surface area contributed by atoms with Crippen LogP contribution in [-0.2, 0) is 13.0 Å². The predicted molar refractivity (Wildman–Crippen MR) is 109 cm³/mol. The molecule has 2 aromatic heterocycles. The Balaban J connectivity index is 1.83. The molecule has 4 rings (SSSR count). The highest BCUT2D eigenvalue weighted by molar-refractivity contribution is 9.10. The molecule has 0 amide bonds. The second-order valence-corrected chi connectivity index (χ2v) is 7.63. The van der Waals surface area contributed by atoms with Crippen molar-refractivity contribution in [2.24, 2.45) is 0 Å². The Morgan fingerprint density at radius 3 is 2.58 bits per heavy atom. The number of hydrogen-bond donors (Lipinski definition) is 0. The van der Waals surface area contributed by atoms with E-state index < -0.39 is 0 Å². The van der Waals surface area contributed by atoms with E-state index in [0.717, 1.165) is 34.3 Å². The molecule has 0 spiro atoms. The van der Waals surface area contributed by atoms with Crippen LogP contribution in [0.25, 0.3) is 11.0 Å². The van der Waals surface area contributed by atoms with Crippen LogP contribution in [-0.4, -0.2) is 14.5 Å². The van der Waals surface area contributed by atoms with Gasteiger partial charge in [-0.25, -0.2) is 4.98 Å². The van der Waals surface area contributed by atoms with Crippen molar-refractivity contribution < 1.29 is 0 Å². The van der Waals surface area contributed by atoms with Gasteiger partial charge in [0.15, 0.2) is 0 Å². The highest BCUT2D eigenvalue weighted by Crippen LogP contribution is 2.24. The number of aryl methyl sites for hydroxylation is 2. The van der Waals surface area contributed by atoms with E-state index in [2.05, 4.69) is 81.8 Å². The molecular formula is C22H20BrN3. The number of pyridine rings is 1. The van der Waals surface area contributed by atoms with E-state index in [9.17, 15) is 0 Å². The molecule has 2 heterocycles. The van der Waals surface area contributed by atoms with Gasteiger partial charge in [-0.3, -0.25) is 4.98 Å². The molecule has 0 aliphatic carbocycles. The molecule has 0 saturated heterocycles. The minimum absolute atomic E-state index is 0.791. The van der Waals surface area contributed by atoms with Crippen molar-refractivity contribution in [3.8, 4) is 0 Å². The fraction of sp³-hybridized carbons (Fsp3) is 0.182. The third-order valence-corrected chi connectivity index (χ3v) is 5.23. The zero-order chi connectivity index (χ0) is 18.1. The molecule has 0 atom stereocenters. The number of rotatable bonds is 4. The summed E-state index contributed by atoms with van der Waals surface area (Å²) in [6, 6.07) is 17.0. The Bertz CT molecular complexity index is 1070. The lowest BCUT2D eigenvalue weighted by Gasteiger charge is -2.13. The molecule has 0 fully saturated rings. The summed E-state index contributed by atoms with van der Waals surface area (Å²) in [5.41, 5.74) is 7.33. The van der Waals surface area contributed by atoms with Gasteiger partial charge in [-0.15, -0.1) is 0 Å². The molecule has 0 unspecified atom stereocenters. The summed E-state index contributed by atoms with van der Waals surface area (Å²) >= 11 is 3.60. The number of imidazole rings is 1. The lowest BCUT2D eigenvalue weighted by molar-refractivity contribution is 0.757. The maximum atomic E-state index is 4.92. The van der Waals surface area contributed by atoms with Gasteiger partial charge in [0.1, 0.15) is 5.82 Å². The Morgan fingerprint density at radius 1 is 0.962 bits per heavy atom. The number of fused-ring (bicyclic) bond motifs is 1. The molecular weight excluding hydrogens is 386 g/mol. The molecule has 130 valence electrons. The first-order valence-corrected chi connectivity index (χ1v) is 9.49. The highest BCUT2D eigenvalue weighted by Gasteiger charge is 2.13. The van der Waals surface area contributed by atoms with Crippen LogP contribution in [0.4, 0.5) is 0 Å². The van der Waals surface area contributed by atoms with Crippen molar-refractivity contribution in [1.82, 2.24) is 14.5 Å². The van der Waals surface area contributed by atoms with Gasteiger partial charge in [0.2, 0.25) is 0 Å². The molecule has 26 heavy (non-hydrogen) atoms. The molecule has 4 aromatic rings. The van der Waals surface area contributed by atoms with Gasteiger partial charge in [0.25, 0.3) is 0 Å². The van der Waals surface area contributed by atoms with E-state index in [1.165, 1.54) is 22.3 Å². The fourth-order valence-electron chi connectivity index (χ4n) is 3.28. The number of halogens is 1. The molecule has 2 aromatic carbocycles. The maximum absolute atomic E-state index is 4.92. The third-order valence-electron chi connectivity index (χ3n) is 4.73. The van der Waals surface area contributed by atoms with E-state index in [1.807, 2.05) is 18.5 Å². The second-order valence-electron chi connectivity index (χ2n) is 6.71. The minimum atomic E-state index is 0.791. The van der Waals surface area contributed by atoms with Gasteiger partial charge in [-0.05, 0) is 60.9 Å². The van der Waals surface area contributed by atoms with Crippen LogP contribution in [0, 0.1) is 13.8 Å². The lowest BCUT2D eigenvalue weighted by Crippen LogP contribution is -2.07. The number of nitrogens with zero attached hydrogens (tertiary/aromatic N) is 3. The standard InChI is InChI=1S/C22H20BrN3/c1-15-3-4-16(2)18(11-15)14-26-21-13-19(23)5-6-20(21)25-22(26)12-17-7-9-24-10-8-17/h3-11,13H,12,14H2,1-2H3. The SMILES string of the molecule is Cc1ccc(C)c(Cn2c(Cc3ccncc3)nc3ccc(Br)cc32)c1. The molecule has 0 radical (unpaired) electrons. The van der Waals surface area contributed by atoms with Crippen molar-refractivity contribution in [3.63, 3.8) is 0 Å². The van der Waals surface area contributed by atoms with E-state index >= 15 is 0 Å². The Labute approximate surface area is 161 Å². The van der Waals surface area contributed by atoms with Crippen molar-refractivity contribution >= 4 is 27.0 Å². The van der Waals surface area contributed by atoms with E-state index in [4.69, 9.17) is 4.98 Å². The van der Waals surface area contributed by atoms with Crippen molar-refractivity contribution in [2.45, 2.75) is 26.8 Å². The summed E-state index contributed by atoms with van der Waals surface area (Å²) in [7, 11) is 0. The van der Waals surface area contributed by atoms with Crippen molar-refractivity contribution in [3.05, 3.63) is 93.5 Å². The average molecular weight is 406 g/mol. The first-order valence-electron chi connectivity index (χ1n) is 8.70. The van der Waals surface area contributed by atoms with Crippen LogP contribution < -0.4 is 0 Å². The lowest BCUT2D eigenvalue weighted by atomic mass is 10.1. The van der Waals surface area contributed by atoms with Crippen LogP contribution in [0.3, 0.4) is 0 Å². The zero-order valence-electron chi connectivity index (χ0n) is 14.9. The third kappa shape index (κ3) is 3.42. The van der Waals surface area contributed by atoms with Crippen molar-refractivity contribution in [2.75, 3.05) is 0 Å². The minimum Gasteiger partial charge on any atom is -0.323 e. The molecule has 4 heteroatoms. The van der Waals surface area contributed by atoms with Gasteiger partial charge in [-0.1, -0.05) is 39.7 Å². The van der Waals surface area contributed by atoms with Crippen LogP contribution in [0.2, 0.25) is 0 Å². The normalized spacial score (nSPS) is 11.2. The predicted octanol–water partition coefficient (Wildman–Crippen LogP) is 5.45. The summed E-state index contributed by atoms with van der Waals surface area (Å²) in [6.07, 6.45) is 4.47. The largest absolute Gasteiger partial charge is 0.323 e. The average Bonchev–Trinajstić information content (AvgIpc) is 2.96. The highest BCUT2D eigenvalue weighted by atomic mass is 79.9. The number of hydrogen-bond acceptors (Lipinski definition) is 2. The van der Waals surface area contributed by atoms with Gasteiger partial charge < -0.3 is 4.57 Å². The summed E-state index contributed by atoms with van der Waals surface area (Å²) in [6.45, 7) is 5.14. The van der Waals surface area contributed by atoms with Crippen LogP contribution >= 0.6 is 15.9 Å². The topological polar surface area (TPSA) is 30.7 Å². The molecule has 0 saturated carbocycles. The fourth-order valence-corrected chi connectivity index (χ4v) is 3.63. The van der Waals surface area contributed by atoms with Gasteiger partial charge >= 0.3 is 0 Å². The van der Waals surface area contributed by atoms with Crippen LogP contribution in [0.5, 0.6) is 0 Å². The smallest absolute Gasteiger partial charge is 0.114 e. The summed E-state index contributed by atoms with van der Waals surface area (Å²) < 4.78 is 3.41. The van der Waals surface area contributed by atoms with Gasteiger partial charge in [0.05, 0.1) is 11.0 Å². The zero-order valence-corrected chi connectivity index (χ0v) is 16.5. The molecule has 0 aliphatic heterocycles. The second kappa shape index (κ2) is 7.04.